The number of halogens is 1. The van der Waals surface area contributed by atoms with Gasteiger partial charge in [-0.1, -0.05) is 11.6 Å². The number of benzene rings is 2. The van der Waals surface area contributed by atoms with Gasteiger partial charge in [-0.25, -0.2) is 13.2 Å². The Bertz CT molecular complexity index is 923. The number of hydrogen-bond donors (Lipinski definition) is 1. The lowest BCUT2D eigenvalue weighted by Crippen LogP contribution is -2.18. The molecule has 0 radical (unpaired) electrons. The van der Waals surface area contributed by atoms with Crippen molar-refractivity contribution >= 4 is 39.0 Å². The normalized spacial score (nSPS) is 11.0. The molecule has 26 heavy (non-hydrogen) atoms. The molecule has 6 nitrogen and oxygen atoms in total. The van der Waals surface area contributed by atoms with Crippen molar-refractivity contribution in [2.24, 2.45) is 0 Å². The van der Waals surface area contributed by atoms with Crippen LogP contribution in [0.2, 0.25) is 5.02 Å². The van der Waals surface area contributed by atoms with Crippen molar-refractivity contribution in [2.45, 2.75) is 18.2 Å². The molecule has 0 atom stereocenters. The van der Waals surface area contributed by atoms with E-state index in [4.69, 9.17) is 11.6 Å². The molecule has 2 rings (SSSR count). The van der Waals surface area contributed by atoms with E-state index in [9.17, 15) is 18.0 Å². The van der Waals surface area contributed by atoms with Crippen molar-refractivity contribution in [1.82, 2.24) is 0 Å². The second-order valence-corrected chi connectivity index (χ2v) is 8.14. The molecule has 8 heteroatoms. The monoisotopic (exact) mass is 395 g/mol. The van der Waals surface area contributed by atoms with Crippen LogP contribution in [-0.4, -0.2) is 33.2 Å². The van der Waals surface area contributed by atoms with Crippen LogP contribution in [0.3, 0.4) is 0 Å². The van der Waals surface area contributed by atoms with Crippen molar-refractivity contribution in [2.75, 3.05) is 18.2 Å². The van der Waals surface area contributed by atoms with Gasteiger partial charge in [0.25, 0.3) is 0 Å². The summed E-state index contributed by atoms with van der Waals surface area (Å²) in [5.74, 6) is -1.23. The van der Waals surface area contributed by atoms with Crippen LogP contribution in [0.1, 0.15) is 22.3 Å². The van der Waals surface area contributed by atoms with E-state index in [0.29, 0.717) is 21.8 Å². The molecule has 0 saturated carbocycles. The first-order valence-corrected chi connectivity index (χ1v) is 9.73. The number of esters is 1. The lowest BCUT2D eigenvalue weighted by atomic mass is 10.1. The fraction of sp³-hybridized carbons (Fsp3) is 0.222. The van der Waals surface area contributed by atoms with E-state index < -0.39 is 21.7 Å². The second-order valence-electron chi connectivity index (χ2n) is 5.59. The minimum Gasteiger partial charge on any atom is -0.465 e. The van der Waals surface area contributed by atoms with Crippen LogP contribution in [0.25, 0.3) is 0 Å². The Kier molecular flexibility index (Phi) is 6.39. The number of aryl methyl sites for hydroxylation is 1. The maximum atomic E-state index is 12.2. The summed E-state index contributed by atoms with van der Waals surface area (Å²) < 4.78 is 29.1. The predicted octanol–water partition coefficient (Wildman–Crippen LogP) is 3.24. The van der Waals surface area contributed by atoms with Crippen molar-refractivity contribution in [3.8, 4) is 0 Å². The smallest absolute Gasteiger partial charge is 0.337 e. The van der Waals surface area contributed by atoms with E-state index in [1.807, 2.05) is 0 Å². The zero-order valence-corrected chi connectivity index (χ0v) is 15.9. The highest BCUT2D eigenvalue weighted by Gasteiger charge is 2.17. The van der Waals surface area contributed by atoms with Crippen molar-refractivity contribution < 1.29 is 22.7 Å². The molecule has 0 fully saturated rings. The fourth-order valence-electron chi connectivity index (χ4n) is 2.25. The van der Waals surface area contributed by atoms with E-state index in [1.165, 1.54) is 37.4 Å². The Labute approximate surface area is 157 Å². The third kappa shape index (κ3) is 5.06. The average Bonchev–Trinajstić information content (AvgIpc) is 2.61. The van der Waals surface area contributed by atoms with Crippen LogP contribution < -0.4 is 5.32 Å². The number of carbonyl (C=O) groups is 2. The topological polar surface area (TPSA) is 89.5 Å². The Balaban J connectivity index is 2.00. The van der Waals surface area contributed by atoms with Gasteiger partial charge >= 0.3 is 5.97 Å². The van der Waals surface area contributed by atoms with Crippen LogP contribution in [0.4, 0.5) is 5.69 Å². The lowest BCUT2D eigenvalue weighted by Gasteiger charge is -2.10. The number of ether oxygens (including phenoxy) is 1. The first kappa shape index (κ1) is 19.9. The number of rotatable bonds is 6. The molecule has 0 spiro atoms. The van der Waals surface area contributed by atoms with Gasteiger partial charge in [-0.05, 0) is 55.0 Å². The van der Waals surface area contributed by atoms with Gasteiger partial charge in [0, 0.05) is 17.1 Å². The van der Waals surface area contributed by atoms with Crippen LogP contribution in [0.15, 0.2) is 47.4 Å². The molecule has 2 aromatic rings. The largest absolute Gasteiger partial charge is 0.465 e. The summed E-state index contributed by atoms with van der Waals surface area (Å²) in [5.41, 5.74) is 1.54. The van der Waals surface area contributed by atoms with Gasteiger partial charge in [-0.2, -0.15) is 0 Å². The first-order chi connectivity index (χ1) is 12.2. The maximum Gasteiger partial charge on any atom is 0.337 e. The quantitative estimate of drug-likeness (QED) is 0.758. The summed E-state index contributed by atoms with van der Waals surface area (Å²) in [5, 5.41) is 3.09. The molecule has 0 aromatic heterocycles. The number of sulfone groups is 1. The zero-order valence-electron chi connectivity index (χ0n) is 14.3. The highest BCUT2D eigenvalue weighted by molar-refractivity contribution is 7.91. The molecule has 0 aliphatic carbocycles. The molecule has 0 unspecified atom stereocenters. The number of carbonyl (C=O) groups excluding carboxylic acids is 2. The summed E-state index contributed by atoms with van der Waals surface area (Å²) in [6.45, 7) is 1.73. The molecule has 0 heterocycles. The standard InChI is InChI=1S/C18H18ClNO5S/c1-12-11-13(18(22)25-2)3-8-16(12)20-17(21)9-10-26(23,24)15-6-4-14(19)5-7-15/h3-8,11H,9-10H2,1-2H3,(H,20,21). The number of anilines is 1. The predicted molar refractivity (Wildman–Crippen MR) is 99.3 cm³/mol. The minimum absolute atomic E-state index is 0.119. The number of amides is 1. The van der Waals surface area contributed by atoms with E-state index in [1.54, 1.807) is 19.1 Å². The highest BCUT2D eigenvalue weighted by Crippen LogP contribution is 2.19. The van der Waals surface area contributed by atoms with Gasteiger partial charge in [-0.3, -0.25) is 4.79 Å². The van der Waals surface area contributed by atoms with Gasteiger partial charge in [-0.15, -0.1) is 0 Å². The molecule has 0 bridgehead atoms. The van der Waals surface area contributed by atoms with Crippen LogP contribution in [-0.2, 0) is 19.4 Å². The Morgan fingerprint density at radius 1 is 1.12 bits per heavy atom. The van der Waals surface area contributed by atoms with Crippen molar-refractivity contribution in [1.29, 1.82) is 0 Å². The molecule has 0 aliphatic heterocycles. The number of methoxy groups -OCH3 is 1. The third-order valence-electron chi connectivity index (χ3n) is 3.69. The first-order valence-electron chi connectivity index (χ1n) is 7.70. The van der Waals surface area contributed by atoms with Crippen LogP contribution in [0.5, 0.6) is 0 Å². The SMILES string of the molecule is COC(=O)c1ccc(NC(=O)CCS(=O)(=O)c2ccc(Cl)cc2)c(C)c1. The fourth-order valence-corrected chi connectivity index (χ4v) is 3.61. The number of nitrogens with one attached hydrogen (secondary N) is 1. The average molecular weight is 396 g/mol. The van der Waals surface area contributed by atoms with Gasteiger partial charge < -0.3 is 10.1 Å². The maximum absolute atomic E-state index is 12.2. The molecule has 138 valence electrons. The van der Waals surface area contributed by atoms with E-state index in [-0.39, 0.29) is 17.1 Å². The molecule has 0 saturated heterocycles. The second kappa shape index (κ2) is 8.33. The Morgan fingerprint density at radius 2 is 1.77 bits per heavy atom. The van der Waals surface area contributed by atoms with Crippen molar-refractivity contribution in [3.05, 3.63) is 58.6 Å². The van der Waals surface area contributed by atoms with Crippen LogP contribution in [0, 0.1) is 6.92 Å². The molecular formula is C18H18ClNO5S. The Hall–Kier alpha value is -2.38. The molecule has 1 N–H and O–H groups in total. The zero-order chi connectivity index (χ0) is 19.3. The van der Waals surface area contributed by atoms with Gasteiger partial charge in [0.15, 0.2) is 9.84 Å². The Morgan fingerprint density at radius 3 is 2.35 bits per heavy atom. The minimum atomic E-state index is -3.58. The third-order valence-corrected chi connectivity index (χ3v) is 5.68. The van der Waals surface area contributed by atoms with Gasteiger partial charge in [0.2, 0.25) is 5.91 Å². The van der Waals surface area contributed by atoms with Gasteiger partial charge in [0.1, 0.15) is 0 Å². The summed E-state index contributed by atoms with van der Waals surface area (Å²) in [6, 6.07) is 10.5. The van der Waals surface area contributed by atoms with E-state index in [2.05, 4.69) is 10.1 Å². The molecular weight excluding hydrogens is 378 g/mol. The van der Waals surface area contributed by atoms with Crippen molar-refractivity contribution in [3.63, 3.8) is 0 Å². The molecule has 0 aliphatic rings. The summed E-state index contributed by atoms with van der Waals surface area (Å²) in [6.07, 6.45) is -0.191. The highest BCUT2D eigenvalue weighted by atomic mass is 35.5. The molecule has 1 amide bonds. The summed E-state index contributed by atoms with van der Waals surface area (Å²) in [4.78, 5) is 23.7. The van der Waals surface area contributed by atoms with Gasteiger partial charge in [0.05, 0.1) is 23.3 Å². The van der Waals surface area contributed by atoms with Crippen LogP contribution >= 0.6 is 11.6 Å². The lowest BCUT2D eigenvalue weighted by molar-refractivity contribution is -0.115. The molecule has 2 aromatic carbocycles. The summed E-state index contributed by atoms with van der Waals surface area (Å²) in [7, 11) is -2.29. The van der Waals surface area contributed by atoms with E-state index >= 15 is 0 Å². The van der Waals surface area contributed by atoms with E-state index in [0.717, 1.165) is 0 Å². The number of hydrogen-bond acceptors (Lipinski definition) is 5. The summed E-state index contributed by atoms with van der Waals surface area (Å²) >= 11 is 5.75.